The van der Waals surface area contributed by atoms with E-state index in [0.717, 1.165) is 0 Å². The molecule has 0 radical (unpaired) electrons. The molecule has 0 aromatic heterocycles. The van der Waals surface area contributed by atoms with Crippen LogP contribution in [0, 0.1) is 11.7 Å². The first kappa shape index (κ1) is 18.0. The van der Waals surface area contributed by atoms with Crippen LogP contribution in [0.5, 0.6) is 0 Å². The van der Waals surface area contributed by atoms with E-state index in [-0.39, 0.29) is 6.42 Å². The molecule has 23 heavy (non-hydrogen) atoms. The molecule has 0 spiro atoms. The van der Waals surface area contributed by atoms with Gasteiger partial charge in [0.05, 0.1) is 17.1 Å². The van der Waals surface area contributed by atoms with Gasteiger partial charge in [-0.3, -0.25) is 4.79 Å². The van der Waals surface area contributed by atoms with Crippen LogP contribution in [-0.4, -0.2) is 29.4 Å². The molecule has 2 rings (SSSR count). The Morgan fingerprint density at radius 2 is 1.83 bits per heavy atom. The van der Waals surface area contributed by atoms with Crippen LogP contribution in [-0.2, 0) is 20.5 Å². The van der Waals surface area contributed by atoms with Crippen molar-refractivity contribution in [3.05, 3.63) is 29.6 Å². The topological polar surface area (TPSA) is 55.8 Å². The van der Waals surface area contributed by atoms with E-state index in [0.29, 0.717) is 17.4 Å². The van der Waals surface area contributed by atoms with Crippen LogP contribution in [0.1, 0.15) is 46.6 Å². The Morgan fingerprint density at radius 1 is 1.26 bits per heavy atom. The molecule has 0 saturated carbocycles. The van der Waals surface area contributed by atoms with Gasteiger partial charge in [0, 0.05) is 0 Å². The molecule has 6 heteroatoms. The summed E-state index contributed by atoms with van der Waals surface area (Å²) in [6.07, 6.45) is 0.612. The third-order valence-electron chi connectivity index (χ3n) is 4.90. The minimum atomic E-state index is -0.909. The summed E-state index contributed by atoms with van der Waals surface area (Å²) in [5.74, 6) is -1.91. The lowest BCUT2D eigenvalue weighted by molar-refractivity contribution is -0.141. The van der Waals surface area contributed by atoms with Gasteiger partial charge in [0.25, 0.3) is 0 Å². The van der Waals surface area contributed by atoms with Gasteiger partial charge in [0.15, 0.2) is 0 Å². The van der Waals surface area contributed by atoms with E-state index in [9.17, 15) is 14.3 Å². The normalized spacial score (nSPS) is 20.5. The zero-order chi connectivity index (χ0) is 17.4. The van der Waals surface area contributed by atoms with E-state index in [4.69, 9.17) is 9.31 Å². The molecule has 0 amide bonds. The summed E-state index contributed by atoms with van der Waals surface area (Å²) in [6, 6.07) is 4.63. The van der Waals surface area contributed by atoms with Crippen molar-refractivity contribution in [3.8, 4) is 0 Å². The summed E-state index contributed by atoms with van der Waals surface area (Å²) in [5, 5.41) is 9.17. The SMILES string of the molecule is CCC(Cc1cc(B2OC(C)(C)C(C)(C)O2)ccc1F)C(=O)O. The molecule has 4 nitrogen and oxygen atoms in total. The average molecular weight is 322 g/mol. The number of halogens is 1. The third-order valence-corrected chi connectivity index (χ3v) is 4.90. The number of benzene rings is 1. The number of carboxylic acids is 1. The highest BCUT2D eigenvalue weighted by Gasteiger charge is 2.51. The van der Waals surface area contributed by atoms with Crippen LogP contribution in [0.15, 0.2) is 18.2 Å². The Labute approximate surface area is 137 Å². The van der Waals surface area contributed by atoms with Gasteiger partial charge >= 0.3 is 13.1 Å². The second-order valence-electron chi connectivity index (χ2n) is 7.09. The fraction of sp³-hybridized carbons (Fsp3) is 0.588. The Morgan fingerprint density at radius 3 is 2.30 bits per heavy atom. The molecular weight excluding hydrogens is 298 g/mol. The van der Waals surface area contributed by atoms with Crippen LogP contribution in [0.3, 0.4) is 0 Å². The molecule has 0 aliphatic carbocycles. The molecule has 1 heterocycles. The molecule has 1 N–H and O–H groups in total. The Kier molecular flexibility index (Phi) is 4.88. The van der Waals surface area contributed by atoms with Gasteiger partial charge in [-0.15, -0.1) is 0 Å². The Bertz CT molecular complexity index is 584. The lowest BCUT2D eigenvalue weighted by Crippen LogP contribution is -2.41. The summed E-state index contributed by atoms with van der Waals surface area (Å²) in [4.78, 5) is 11.2. The van der Waals surface area contributed by atoms with Crippen molar-refractivity contribution in [1.29, 1.82) is 0 Å². The lowest BCUT2D eigenvalue weighted by atomic mass is 9.77. The number of rotatable bonds is 5. The van der Waals surface area contributed by atoms with Crippen molar-refractivity contribution >= 4 is 18.6 Å². The maximum Gasteiger partial charge on any atom is 0.494 e. The second-order valence-corrected chi connectivity index (χ2v) is 7.09. The first-order chi connectivity index (χ1) is 10.6. The van der Waals surface area contributed by atoms with Crippen LogP contribution in [0.2, 0.25) is 0 Å². The lowest BCUT2D eigenvalue weighted by Gasteiger charge is -2.32. The minimum absolute atomic E-state index is 0.158. The molecule has 1 fully saturated rings. The quantitative estimate of drug-likeness (QED) is 0.847. The molecule has 1 aliphatic heterocycles. The van der Waals surface area contributed by atoms with Crippen molar-refractivity contribution in [2.75, 3.05) is 0 Å². The van der Waals surface area contributed by atoms with Gasteiger partial charge in [-0.1, -0.05) is 19.1 Å². The highest BCUT2D eigenvalue weighted by atomic mass is 19.1. The highest BCUT2D eigenvalue weighted by molar-refractivity contribution is 6.62. The van der Waals surface area contributed by atoms with Gasteiger partial charge in [-0.25, -0.2) is 4.39 Å². The zero-order valence-electron chi connectivity index (χ0n) is 14.4. The number of hydrogen-bond donors (Lipinski definition) is 1. The Balaban J connectivity index is 2.26. The number of aliphatic carboxylic acids is 1. The van der Waals surface area contributed by atoms with Crippen molar-refractivity contribution < 1.29 is 23.6 Å². The smallest absolute Gasteiger partial charge is 0.481 e. The minimum Gasteiger partial charge on any atom is -0.481 e. The summed E-state index contributed by atoms with van der Waals surface area (Å²) in [7, 11) is -0.579. The fourth-order valence-corrected chi connectivity index (χ4v) is 2.55. The average Bonchev–Trinajstić information content (AvgIpc) is 2.66. The maximum absolute atomic E-state index is 14.0. The van der Waals surface area contributed by atoms with E-state index >= 15 is 0 Å². The summed E-state index contributed by atoms with van der Waals surface area (Å²) < 4.78 is 26.0. The molecule has 1 saturated heterocycles. The van der Waals surface area contributed by atoms with Gasteiger partial charge < -0.3 is 14.4 Å². The molecule has 1 aromatic carbocycles. The van der Waals surface area contributed by atoms with E-state index < -0.39 is 36.0 Å². The van der Waals surface area contributed by atoms with Crippen molar-refractivity contribution in [3.63, 3.8) is 0 Å². The van der Waals surface area contributed by atoms with E-state index in [1.54, 1.807) is 19.1 Å². The summed E-state index contributed by atoms with van der Waals surface area (Å²) in [5.41, 5.74) is 0.144. The van der Waals surface area contributed by atoms with E-state index in [2.05, 4.69) is 0 Å². The molecule has 1 aromatic rings. The monoisotopic (exact) mass is 322 g/mol. The third kappa shape index (κ3) is 3.58. The molecule has 126 valence electrons. The van der Waals surface area contributed by atoms with E-state index in [1.165, 1.54) is 6.07 Å². The second kappa shape index (κ2) is 6.25. The van der Waals surface area contributed by atoms with Crippen molar-refractivity contribution in [1.82, 2.24) is 0 Å². The van der Waals surface area contributed by atoms with Gasteiger partial charge in [0.2, 0.25) is 0 Å². The van der Waals surface area contributed by atoms with Crippen LogP contribution in [0.4, 0.5) is 4.39 Å². The molecule has 1 aliphatic rings. The maximum atomic E-state index is 14.0. The van der Waals surface area contributed by atoms with E-state index in [1.807, 2.05) is 27.7 Å². The first-order valence-electron chi connectivity index (χ1n) is 7.94. The number of carbonyl (C=O) groups is 1. The summed E-state index contributed by atoms with van der Waals surface area (Å²) in [6.45, 7) is 9.60. The zero-order valence-corrected chi connectivity index (χ0v) is 14.4. The van der Waals surface area contributed by atoms with Gasteiger partial charge in [-0.05, 0) is 57.6 Å². The predicted molar refractivity (Wildman–Crippen MR) is 87.2 cm³/mol. The molecule has 0 bridgehead atoms. The summed E-state index contributed by atoms with van der Waals surface area (Å²) >= 11 is 0. The van der Waals surface area contributed by atoms with Gasteiger partial charge in [-0.2, -0.15) is 0 Å². The van der Waals surface area contributed by atoms with Crippen molar-refractivity contribution in [2.24, 2.45) is 5.92 Å². The largest absolute Gasteiger partial charge is 0.494 e. The molecule has 1 atom stereocenters. The Hall–Kier alpha value is -1.40. The predicted octanol–water partition coefficient (Wildman–Crippen LogP) is 2.78. The van der Waals surface area contributed by atoms with Gasteiger partial charge in [0.1, 0.15) is 5.82 Å². The number of carboxylic acid groups (broad SMARTS) is 1. The highest BCUT2D eigenvalue weighted by Crippen LogP contribution is 2.36. The molecule has 1 unspecified atom stereocenters. The van der Waals surface area contributed by atoms with Crippen molar-refractivity contribution in [2.45, 2.75) is 58.7 Å². The number of hydrogen-bond acceptors (Lipinski definition) is 3. The standard InChI is InChI=1S/C17H24BFO4/c1-6-11(15(20)21)9-12-10-13(7-8-14(12)19)18-22-16(2,3)17(4,5)23-18/h7-8,10-11H,6,9H2,1-5H3,(H,20,21). The van der Waals surface area contributed by atoms with Crippen LogP contribution < -0.4 is 5.46 Å². The fourth-order valence-electron chi connectivity index (χ4n) is 2.55. The van der Waals surface area contributed by atoms with Crippen LogP contribution >= 0.6 is 0 Å². The van der Waals surface area contributed by atoms with Crippen LogP contribution in [0.25, 0.3) is 0 Å². The first-order valence-corrected chi connectivity index (χ1v) is 7.94. The molecular formula is C17H24BFO4.